The molecule has 1 atom stereocenters. The Morgan fingerprint density at radius 3 is 2.94 bits per heavy atom. The summed E-state index contributed by atoms with van der Waals surface area (Å²) in [7, 11) is 1.53. The van der Waals surface area contributed by atoms with E-state index < -0.39 is 6.10 Å². The van der Waals surface area contributed by atoms with Gasteiger partial charge in [0, 0.05) is 18.8 Å². The lowest BCUT2D eigenvalue weighted by Gasteiger charge is -2.32. The third-order valence-corrected chi connectivity index (χ3v) is 2.77. The predicted molar refractivity (Wildman–Crippen MR) is 67.4 cm³/mol. The van der Waals surface area contributed by atoms with E-state index in [1.807, 2.05) is 0 Å². The number of hydrogen-bond acceptors (Lipinski definition) is 4. The van der Waals surface area contributed by atoms with Gasteiger partial charge in [0.15, 0.2) is 6.10 Å². The predicted octanol–water partition coefficient (Wildman–Crippen LogP) is 0.129. The molecular formula is C12H15N3O3. The Labute approximate surface area is 105 Å². The number of nitrogens with zero attached hydrogens (tertiary/aromatic N) is 1. The van der Waals surface area contributed by atoms with Gasteiger partial charge in [-0.15, -0.1) is 0 Å². The molecule has 0 fully saturated rings. The monoisotopic (exact) mass is 249 g/mol. The molecule has 18 heavy (non-hydrogen) atoms. The fourth-order valence-corrected chi connectivity index (χ4v) is 1.81. The number of nitrogen functional groups attached to an aromatic ring is 1. The summed E-state index contributed by atoms with van der Waals surface area (Å²) >= 11 is 0. The highest BCUT2D eigenvalue weighted by Gasteiger charge is 2.32. The van der Waals surface area contributed by atoms with Gasteiger partial charge in [0.25, 0.3) is 5.91 Å². The number of anilines is 2. The Hall–Kier alpha value is -2.24. The molecule has 1 aliphatic rings. The van der Waals surface area contributed by atoms with Gasteiger partial charge in [-0.3, -0.25) is 14.5 Å². The van der Waals surface area contributed by atoms with Crippen molar-refractivity contribution in [2.24, 2.45) is 0 Å². The lowest BCUT2D eigenvalue weighted by molar-refractivity contribution is -0.128. The molecule has 6 nitrogen and oxygen atoms in total. The summed E-state index contributed by atoms with van der Waals surface area (Å²) in [4.78, 5) is 24.9. The number of carbonyl (C=O) groups is 2. The van der Waals surface area contributed by atoms with Crippen molar-refractivity contribution in [3.8, 4) is 5.75 Å². The highest BCUT2D eigenvalue weighted by Crippen LogP contribution is 2.35. The summed E-state index contributed by atoms with van der Waals surface area (Å²) in [6.45, 7) is 1.62. The second kappa shape index (κ2) is 4.56. The summed E-state index contributed by atoms with van der Waals surface area (Å²) in [6.07, 6.45) is -0.621. The van der Waals surface area contributed by atoms with Gasteiger partial charge in [0.05, 0.1) is 5.69 Å². The van der Waals surface area contributed by atoms with Gasteiger partial charge < -0.3 is 15.8 Å². The molecule has 0 aromatic heterocycles. The minimum absolute atomic E-state index is 0.0278. The molecule has 6 heteroatoms. The van der Waals surface area contributed by atoms with E-state index in [2.05, 4.69) is 5.32 Å². The van der Waals surface area contributed by atoms with Crippen LogP contribution in [0.2, 0.25) is 0 Å². The first-order valence-electron chi connectivity index (χ1n) is 5.61. The number of benzene rings is 1. The van der Waals surface area contributed by atoms with E-state index in [0.717, 1.165) is 0 Å². The van der Waals surface area contributed by atoms with E-state index in [1.165, 1.54) is 11.9 Å². The Morgan fingerprint density at radius 1 is 1.56 bits per heavy atom. The van der Waals surface area contributed by atoms with E-state index in [1.54, 1.807) is 25.1 Å². The fraction of sp³-hybridized carbons (Fsp3) is 0.333. The third kappa shape index (κ3) is 2.09. The highest BCUT2D eigenvalue weighted by molar-refractivity contribution is 6.03. The van der Waals surface area contributed by atoms with Crippen LogP contribution in [0.5, 0.6) is 5.75 Å². The van der Waals surface area contributed by atoms with Crippen molar-refractivity contribution in [2.45, 2.75) is 13.0 Å². The molecule has 0 saturated heterocycles. The van der Waals surface area contributed by atoms with Crippen LogP contribution in [0.3, 0.4) is 0 Å². The molecule has 2 rings (SSSR count). The maximum atomic E-state index is 12.0. The van der Waals surface area contributed by atoms with Gasteiger partial charge in [-0.05, 0) is 19.1 Å². The lowest BCUT2D eigenvalue weighted by atomic mass is 10.1. The third-order valence-electron chi connectivity index (χ3n) is 2.77. The second-order valence-corrected chi connectivity index (χ2v) is 4.08. The molecular weight excluding hydrogens is 234 g/mol. The van der Waals surface area contributed by atoms with Crippen LogP contribution in [-0.4, -0.2) is 31.5 Å². The minimum Gasteiger partial charge on any atom is -0.479 e. The summed E-state index contributed by atoms with van der Waals surface area (Å²) in [6, 6.07) is 4.99. The molecule has 3 N–H and O–H groups in total. The largest absolute Gasteiger partial charge is 0.479 e. The molecule has 0 radical (unpaired) electrons. The smallest absolute Gasteiger partial charge is 0.268 e. The lowest BCUT2D eigenvalue weighted by Crippen LogP contribution is -2.48. The molecule has 1 aromatic rings. The zero-order valence-corrected chi connectivity index (χ0v) is 10.3. The van der Waals surface area contributed by atoms with Crippen molar-refractivity contribution in [3.05, 3.63) is 18.2 Å². The standard InChI is InChI=1S/C12H15N3O3/c1-7-12(17)15(6-11(16)14-2)9-4-3-8(13)5-10(9)18-7/h3-5,7H,6,13H2,1-2H3,(H,14,16). The summed E-state index contributed by atoms with van der Waals surface area (Å²) < 4.78 is 5.47. The van der Waals surface area contributed by atoms with Crippen LogP contribution in [-0.2, 0) is 9.59 Å². The number of nitrogens with two attached hydrogens (primary N) is 1. The number of likely N-dealkylation sites (N-methyl/N-ethyl adjacent to an activating group) is 1. The number of rotatable bonds is 2. The molecule has 96 valence electrons. The van der Waals surface area contributed by atoms with Crippen LogP contribution >= 0.6 is 0 Å². The Morgan fingerprint density at radius 2 is 2.28 bits per heavy atom. The first kappa shape index (κ1) is 12.2. The first-order valence-corrected chi connectivity index (χ1v) is 5.61. The number of ether oxygens (including phenoxy) is 1. The number of hydrogen-bond donors (Lipinski definition) is 2. The molecule has 0 aliphatic carbocycles. The first-order chi connectivity index (χ1) is 8.52. The maximum Gasteiger partial charge on any atom is 0.268 e. The van der Waals surface area contributed by atoms with Gasteiger partial charge in [-0.25, -0.2) is 0 Å². The Bertz CT molecular complexity index is 501. The van der Waals surface area contributed by atoms with Gasteiger partial charge in [-0.2, -0.15) is 0 Å². The fourth-order valence-electron chi connectivity index (χ4n) is 1.81. The number of fused-ring (bicyclic) bond motifs is 1. The maximum absolute atomic E-state index is 12.0. The molecule has 1 aliphatic heterocycles. The van der Waals surface area contributed by atoms with Crippen molar-refractivity contribution in [2.75, 3.05) is 24.2 Å². The van der Waals surface area contributed by atoms with Crippen LogP contribution in [0, 0.1) is 0 Å². The normalized spacial score (nSPS) is 18.0. The average molecular weight is 249 g/mol. The average Bonchev–Trinajstić information content (AvgIpc) is 2.34. The van der Waals surface area contributed by atoms with E-state index in [9.17, 15) is 9.59 Å². The van der Waals surface area contributed by atoms with Gasteiger partial charge in [-0.1, -0.05) is 0 Å². The van der Waals surface area contributed by atoms with E-state index in [0.29, 0.717) is 17.1 Å². The summed E-state index contributed by atoms with van der Waals surface area (Å²) in [5.74, 6) is 0.0436. The summed E-state index contributed by atoms with van der Waals surface area (Å²) in [5, 5.41) is 2.49. The number of nitrogens with one attached hydrogen (secondary N) is 1. The molecule has 1 heterocycles. The van der Waals surface area contributed by atoms with Gasteiger partial charge in [0.1, 0.15) is 12.3 Å². The molecule has 1 unspecified atom stereocenters. The molecule has 0 bridgehead atoms. The van der Waals surface area contributed by atoms with Crippen molar-refractivity contribution in [1.29, 1.82) is 0 Å². The minimum atomic E-state index is -0.621. The zero-order chi connectivity index (χ0) is 13.3. The van der Waals surface area contributed by atoms with Crippen LogP contribution in [0.1, 0.15) is 6.92 Å². The van der Waals surface area contributed by atoms with Crippen molar-refractivity contribution in [3.63, 3.8) is 0 Å². The van der Waals surface area contributed by atoms with E-state index in [-0.39, 0.29) is 18.4 Å². The highest BCUT2D eigenvalue weighted by atomic mass is 16.5. The molecule has 2 amide bonds. The molecule has 1 aromatic carbocycles. The van der Waals surface area contributed by atoms with Crippen molar-refractivity contribution in [1.82, 2.24) is 5.32 Å². The quantitative estimate of drug-likeness (QED) is 0.729. The van der Waals surface area contributed by atoms with Crippen LogP contribution in [0.15, 0.2) is 18.2 Å². The van der Waals surface area contributed by atoms with Crippen LogP contribution < -0.4 is 20.7 Å². The van der Waals surface area contributed by atoms with E-state index in [4.69, 9.17) is 10.5 Å². The van der Waals surface area contributed by atoms with Crippen molar-refractivity contribution >= 4 is 23.2 Å². The zero-order valence-electron chi connectivity index (χ0n) is 10.3. The SMILES string of the molecule is CNC(=O)CN1C(=O)C(C)Oc2cc(N)ccc21. The summed E-state index contributed by atoms with van der Waals surface area (Å²) in [5.41, 5.74) is 6.79. The van der Waals surface area contributed by atoms with Crippen LogP contribution in [0.25, 0.3) is 0 Å². The Kier molecular flexibility index (Phi) is 3.10. The number of amides is 2. The van der Waals surface area contributed by atoms with Gasteiger partial charge >= 0.3 is 0 Å². The second-order valence-electron chi connectivity index (χ2n) is 4.08. The molecule has 0 saturated carbocycles. The molecule has 0 spiro atoms. The Balaban J connectivity index is 2.39. The van der Waals surface area contributed by atoms with Gasteiger partial charge in [0.2, 0.25) is 5.91 Å². The van der Waals surface area contributed by atoms with Crippen LogP contribution in [0.4, 0.5) is 11.4 Å². The number of carbonyl (C=O) groups excluding carboxylic acids is 2. The van der Waals surface area contributed by atoms with Crippen molar-refractivity contribution < 1.29 is 14.3 Å². The topological polar surface area (TPSA) is 84.7 Å². The van der Waals surface area contributed by atoms with E-state index >= 15 is 0 Å².